The summed E-state index contributed by atoms with van der Waals surface area (Å²) in [6, 6.07) is 1.34. The molecule has 2 aliphatic heterocycles. The molecule has 3 fully saturated rings. The van der Waals surface area contributed by atoms with Gasteiger partial charge in [-0.15, -0.1) is 0 Å². The van der Waals surface area contributed by atoms with Crippen LogP contribution in [0, 0.1) is 5.41 Å². The maximum atomic E-state index is 9.85. The molecule has 98 valence electrons. The lowest BCUT2D eigenvalue weighted by Gasteiger charge is -2.42. The summed E-state index contributed by atoms with van der Waals surface area (Å²) in [5.41, 5.74) is 0.492. The van der Waals surface area contributed by atoms with E-state index in [4.69, 9.17) is 0 Å². The van der Waals surface area contributed by atoms with Crippen LogP contribution in [-0.4, -0.2) is 40.5 Å². The number of hydrogen-bond donors (Lipinski definition) is 2. The summed E-state index contributed by atoms with van der Waals surface area (Å²) in [6.07, 6.45) is 10.1. The largest absolute Gasteiger partial charge is 0.393 e. The van der Waals surface area contributed by atoms with Crippen molar-refractivity contribution in [3.63, 3.8) is 0 Å². The number of aliphatic hydroxyl groups excluding tert-OH is 1. The third-order valence-electron chi connectivity index (χ3n) is 5.38. The zero-order chi connectivity index (χ0) is 11.9. The van der Waals surface area contributed by atoms with Gasteiger partial charge in [-0.2, -0.15) is 12.6 Å². The molecule has 2 saturated heterocycles. The Labute approximate surface area is 110 Å². The fraction of sp³-hybridized carbons (Fsp3) is 1.00. The lowest BCUT2D eigenvalue weighted by molar-refractivity contribution is 0.0146. The van der Waals surface area contributed by atoms with Gasteiger partial charge < -0.3 is 5.11 Å². The van der Waals surface area contributed by atoms with Crippen LogP contribution in [0.5, 0.6) is 0 Å². The summed E-state index contributed by atoms with van der Waals surface area (Å²) in [6.45, 7) is 1.25. The molecule has 2 heterocycles. The first-order chi connectivity index (χ1) is 8.22. The van der Waals surface area contributed by atoms with Crippen LogP contribution in [0.2, 0.25) is 0 Å². The van der Waals surface area contributed by atoms with Gasteiger partial charge in [-0.05, 0) is 49.7 Å². The molecular weight excluding hydrogens is 230 g/mol. The maximum absolute atomic E-state index is 9.85. The molecular formula is C14H25NOS. The smallest absolute Gasteiger partial charge is 0.0570 e. The number of nitrogens with zero attached hydrogens (tertiary/aromatic N) is 1. The van der Waals surface area contributed by atoms with E-state index in [-0.39, 0.29) is 6.10 Å². The second kappa shape index (κ2) is 4.75. The number of hydrogen-bond acceptors (Lipinski definition) is 3. The van der Waals surface area contributed by atoms with Crippen molar-refractivity contribution in [2.75, 3.05) is 12.3 Å². The second-order valence-corrected chi connectivity index (χ2v) is 6.86. The van der Waals surface area contributed by atoms with Crippen molar-refractivity contribution >= 4 is 12.6 Å². The zero-order valence-corrected chi connectivity index (χ0v) is 11.5. The van der Waals surface area contributed by atoms with Gasteiger partial charge in [-0.1, -0.05) is 12.8 Å². The Morgan fingerprint density at radius 2 is 1.71 bits per heavy atom. The number of fused-ring (bicyclic) bond motifs is 2. The zero-order valence-electron chi connectivity index (χ0n) is 10.6. The van der Waals surface area contributed by atoms with E-state index >= 15 is 0 Å². The Kier molecular flexibility index (Phi) is 3.44. The van der Waals surface area contributed by atoms with Crippen molar-refractivity contribution in [2.24, 2.45) is 5.41 Å². The van der Waals surface area contributed by atoms with Gasteiger partial charge in [0.2, 0.25) is 0 Å². The van der Waals surface area contributed by atoms with Crippen LogP contribution in [0.4, 0.5) is 0 Å². The average Bonchev–Trinajstić information content (AvgIpc) is 2.86. The topological polar surface area (TPSA) is 23.5 Å². The van der Waals surface area contributed by atoms with Gasteiger partial charge >= 0.3 is 0 Å². The number of thiol groups is 1. The van der Waals surface area contributed by atoms with Gasteiger partial charge in [0.05, 0.1) is 6.10 Å². The van der Waals surface area contributed by atoms with Crippen molar-refractivity contribution in [2.45, 2.75) is 69.6 Å². The van der Waals surface area contributed by atoms with Gasteiger partial charge in [0, 0.05) is 18.6 Å². The molecule has 0 radical (unpaired) electrons. The van der Waals surface area contributed by atoms with Gasteiger partial charge in [-0.3, -0.25) is 4.90 Å². The first-order valence-corrected chi connectivity index (χ1v) is 7.90. The predicted octanol–water partition coefficient (Wildman–Crippen LogP) is 2.46. The summed E-state index contributed by atoms with van der Waals surface area (Å²) in [7, 11) is 0. The van der Waals surface area contributed by atoms with Gasteiger partial charge in [-0.25, -0.2) is 0 Å². The molecule has 1 saturated carbocycles. The molecule has 2 bridgehead atoms. The Morgan fingerprint density at radius 3 is 2.24 bits per heavy atom. The highest BCUT2D eigenvalue weighted by Gasteiger charge is 2.44. The molecule has 1 N–H and O–H groups in total. The molecule has 3 aliphatic rings. The van der Waals surface area contributed by atoms with Gasteiger partial charge in [0.1, 0.15) is 0 Å². The molecule has 3 rings (SSSR count). The van der Waals surface area contributed by atoms with E-state index in [1.165, 1.54) is 45.1 Å². The lowest BCUT2D eigenvalue weighted by Crippen LogP contribution is -2.49. The van der Waals surface area contributed by atoms with Crippen LogP contribution in [-0.2, 0) is 0 Å². The average molecular weight is 255 g/mol. The highest BCUT2D eigenvalue weighted by molar-refractivity contribution is 7.80. The molecule has 0 amide bonds. The molecule has 2 unspecified atom stereocenters. The molecule has 3 heteroatoms. The molecule has 0 aromatic rings. The first-order valence-electron chi connectivity index (χ1n) is 7.27. The van der Waals surface area contributed by atoms with E-state index in [0.717, 1.165) is 18.6 Å². The molecule has 2 nitrogen and oxygen atoms in total. The van der Waals surface area contributed by atoms with E-state index in [1.54, 1.807) is 0 Å². The minimum Gasteiger partial charge on any atom is -0.393 e. The number of piperidine rings is 1. The van der Waals surface area contributed by atoms with Crippen molar-refractivity contribution < 1.29 is 5.11 Å². The monoisotopic (exact) mass is 255 g/mol. The third kappa shape index (κ3) is 2.26. The van der Waals surface area contributed by atoms with Crippen LogP contribution in [0.1, 0.15) is 51.4 Å². The van der Waals surface area contributed by atoms with Crippen molar-refractivity contribution in [3.05, 3.63) is 0 Å². The quantitative estimate of drug-likeness (QED) is 0.757. The van der Waals surface area contributed by atoms with E-state index < -0.39 is 0 Å². The fourth-order valence-electron chi connectivity index (χ4n) is 4.38. The Bertz CT molecular complexity index is 263. The Morgan fingerprint density at radius 1 is 1.12 bits per heavy atom. The maximum Gasteiger partial charge on any atom is 0.0570 e. The third-order valence-corrected chi connectivity index (χ3v) is 6.05. The van der Waals surface area contributed by atoms with Crippen LogP contribution < -0.4 is 0 Å². The Balaban J connectivity index is 1.69. The van der Waals surface area contributed by atoms with E-state index in [0.29, 0.717) is 17.5 Å². The summed E-state index contributed by atoms with van der Waals surface area (Å²) >= 11 is 4.62. The second-order valence-electron chi connectivity index (χ2n) is 6.55. The lowest BCUT2D eigenvalue weighted by atomic mass is 9.86. The van der Waals surface area contributed by atoms with Gasteiger partial charge in [0.15, 0.2) is 0 Å². The molecule has 2 atom stereocenters. The highest BCUT2D eigenvalue weighted by atomic mass is 32.1. The molecule has 0 aromatic carbocycles. The highest BCUT2D eigenvalue weighted by Crippen LogP contribution is 2.44. The van der Waals surface area contributed by atoms with E-state index in [1.807, 2.05) is 0 Å². The van der Waals surface area contributed by atoms with E-state index in [2.05, 4.69) is 17.5 Å². The fourth-order valence-corrected chi connectivity index (χ4v) is 4.80. The molecule has 17 heavy (non-hydrogen) atoms. The standard InChI is InChI=1S/C14H25NOS/c16-13-7-11-3-4-12(8-13)15(11)9-14(10-17)5-1-2-6-14/h11-13,16-17H,1-10H2. The number of rotatable bonds is 3. The molecule has 0 aromatic heterocycles. The van der Waals surface area contributed by atoms with Crippen LogP contribution in [0.25, 0.3) is 0 Å². The SMILES string of the molecule is OC1CC2CCC(C1)N2CC1(CS)CCCC1. The summed E-state index contributed by atoms with van der Waals surface area (Å²) in [5.74, 6) is 1.05. The minimum absolute atomic E-state index is 0.0284. The minimum atomic E-state index is -0.0284. The molecule has 0 spiro atoms. The summed E-state index contributed by atoms with van der Waals surface area (Å²) in [5, 5.41) is 9.85. The summed E-state index contributed by atoms with van der Waals surface area (Å²) < 4.78 is 0. The van der Waals surface area contributed by atoms with Crippen LogP contribution in [0.15, 0.2) is 0 Å². The Hall–Kier alpha value is 0.270. The van der Waals surface area contributed by atoms with Crippen molar-refractivity contribution in [1.82, 2.24) is 4.90 Å². The predicted molar refractivity (Wildman–Crippen MR) is 73.5 cm³/mol. The van der Waals surface area contributed by atoms with Crippen LogP contribution in [0.3, 0.4) is 0 Å². The van der Waals surface area contributed by atoms with Crippen LogP contribution >= 0.6 is 12.6 Å². The normalized spacial score (nSPS) is 40.9. The molecule has 1 aliphatic carbocycles. The van der Waals surface area contributed by atoms with Gasteiger partial charge in [0.25, 0.3) is 0 Å². The summed E-state index contributed by atoms with van der Waals surface area (Å²) in [4.78, 5) is 2.73. The van der Waals surface area contributed by atoms with Crippen molar-refractivity contribution in [3.8, 4) is 0 Å². The van der Waals surface area contributed by atoms with E-state index in [9.17, 15) is 5.11 Å². The van der Waals surface area contributed by atoms with Crippen molar-refractivity contribution in [1.29, 1.82) is 0 Å². The number of aliphatic hydroxyl groups is 1. The first kappa shape index (κ1) is 12.3.